The molecular weight excluding hydrogens is 256 g/mol. The Labute approximate surface area is 123 Å². The zero-order chi connectivity index (χ0) is 15.6. The van der Waals surface area contributed by atoms with Crippen LogP contribution in [0.2, 0.25) is 0 Å². The summed E-state index contributed by atoms with van der Waals surface area (Å²) in [5.74, 6) is -0.00943. The molecule has 0 N–H and O–H groups in total. The monoisotopic (exact) mass is 286 g/mol. The van der Waals surface area contributed by atoms with Crippen LogP contribution in [-0.4, -0.2) is 25.2 Å². The number of hydrogen-bond donors (Lipinski definition) is 0. The van der Waals surface area contributed by atoms with E-state index in [1.54, 1.807) is 0 Å². The van der Waals surface area contributed by atoms with Gasteiger partial charge in [-0.3, -0.25) is 9.59 Å². The Bertz CT molecular complexity index is 297. The van der Waals surface area contributed by atoms with E-state index in [-0.39, 0.29) is 23.3 Å². The molecule has 118 valence electrons. The molecule has 0 aliphatic heterocycles. The molecule has 20 heavy (non-hydrogen) atoms. The minimum Gasteiger partial charge on any atom is -0.465 e. The fraction of sp³-hybridized carbons (Fsp3) is 0.875. The van der Waals surface area contributed by atoms with Crippen molar-refractivity contribution in [3.8, 4) is 0 Å². The van der Waals surface area contributed by atoms with Gasteiger partial charge in [-0.15, -0.1) is 0 Å². The third kappa shape index (κ3) is 9.82. The minimum absolute atomic E-state index is 0.0972. The van der Waals surface area contributed by atoms with Gasteiger partial charge in [0.2, 0.25) is 0 Å². The Hall–Kier alpha value is -1.06. The Morgan fingerprint density at radius 3 is 2.00 bits per heavy atom. The molecule has 0 unspecified atom stereocenters. The van der Waals surface area contributed by atoms with Crippen LogP contribution in [0.1, 0.15) is 66.7 Å². The van der Waals surface area contributed by atoms with Crippen molar-refractivity contribution in [2.45, 2.75) is 66.7 Å². The molecule has 4 heteroatoms. The number of esters is 2. The van der Waals surface area contributed by atoms with Crippen molar-refractivity contribution in [1.82, 2.24) is 0 Å². The van der Waals surface area contributed by atoms with E-state index < -0.39 is 0 Å². The molecule has 0 aromatic carbocycles. The molecule has 1 atom stereocenters. The number of rotatable bonds is 10. The lowest BCUT2D eigenvalue weighted by molar-refractivity contribution is -0.147. The lowest BCUT2D eigenvalue weighted by Gasteiger charge is -2.27. The molecule has 0 aromatic rings. The van der Waals surface area contributed by atoms with Crippen LogP contribution in [0.25, 0.3) is 0 Å². The summed E-state index contributed by atoms with van der Waals surface area (Å²) in [6, 6.07) is 0. The van der Waals surface area contributed by atoms with Gasteiger partial charge in [0.05, 0.1) is 13.2 Å². The standard InChI is InChI=1S/C16H30O4/c1-6-8-14(17)19-11-13(3)10-16(4,5)12-20-15(18)9-7-2/h13H,6-12H2,1-5H3/t13-/m1/s1. The number of ether oxygens (including phenoxy) is 2. The van der Waals surface area contributed by atoms with Gasteiger partial charge in [0.1, 0.15) is 0 Å². The molecule has 0 radical (unpaired) electrons. The summed E-state index contributed by atoms with van der Waals surface area (Å²) in [5.41, 5.74) is -0.0972. The van der Waals surface area contributed by atoms with Crippen molar-refractivity contribution >= 4 is 11.9 Å². The van der Waals surface area contributed by atoms with Crippen molar-refractivity contribution in [2.75, 3.05) is 13.2 Å². The van der Waals surface area contributed by atoms with Gasteiger partial charge in [0.25, 0.3) is 0 Å². The zero-order valence-corrected chi connectivity index (χ0v) is 13.7. The molecule has 0 bridgehead atoms. The largest absolute Gasteiger partial charge is 0.465 e. The van der Waals surface area contributed by atoms with E-state index in [1.165, 1.54) is 0 Å². The summed E-state index contributed by atoms with van der Waals surface area (Å²) in [6.07, 6.45) is 3.42. The summed E-state index contributed by atoms with van der Waals surface area (Å²) < 4.78 is 10.5. The maximum Gasteiger partial charge on any atom is 0.305 e. The first kappa shape index (κ1) is 18.9. The van der Waals surface area contributed by atoms with E-state index in [9.17, 15) is 9.59 Å². The second-order valence-electron chi connectivity index (χ2n) is 6.32. The first-order chi connectivity index (χ1) is 9.30. The van der Waals surface area contributed by atoms with Crippen molar-refractivity contribution in [1.29, 1.82) is 0 Å². The predicted octanol–water partition coefficient (Wildman–Crippen LogP) is 3.73. The van der Waals surface area contributed by atoms with E-state index in [1.807, 2.05) is 13.8 Å². The second kappa shape index (κ2) is 9.78. The Morgan fingerprint density at radius 1 is 1.00 bits per heavy atom. The Morgan fingerprint density at radius 2 is 1.50 bits per heavy atom. The predicted molar refractivity (Wildman–Crippen MR) is 79.3 cm³/mol. The lowest BCUT2D eigenvalue weighted by atomic mass is 9.84. The molecule has 0 aliphatic rings. The van der Waals surface area contributed by atoms with Crippen LogP contribution in [0.4, 0.5) is 0 Å². The minimum atomic E-state index is -0.136. The number of hydrogen-bond acceptors (Lipinski definition) is 4. The first-order valence-electron chi connectivity index (χ1n) is 7.62. The molecule has 0 aromatic heterocycles. The molecule has 0 heterocycles. The number of carbonyl (C=O) groups is 2. The maximum atomic E-state index is 11.4. The Balaban J connectivity index is 3.99. The summed E-state index contributed by atoms with van der Waals surface area (Å²) in [7, 11) is 0. The van der Waals surface area contributed by atoms with Gasteiger partial charge in [0.15, 0.2) is 0 Å². The lowest BCUT2D eigenvalue weighted by Crippen LogP contribution is -2.26. The van der Waals surface area contributed by atoms with Crippen LogP contribution >= 0.6 is 0 Å². The average molecular weight is 286 g/mol. The van der Waals surface area contributed by atoms with Crippen LogP contribution in [0.5, 0.6) is 0 Å². The van der Waals surface area contributed by atoms with Crippen molar-refractivity contribution in [3.63, 3.8) is 0 Å². The molecule has 0 aliphatic carbocycles. The highest BCUT2D eigenvalue weighted by atomic mass is 16.5. The molecule has 4 nitrogen and oxygen atoms in total. The van der Waals surface area contributed by atoms with Gasteiger partial charge < -0.3 is 9.47 Å². The topological polar surface area (TPSA) is 52.6 Å². The van der Waals surface area contributed by atoms with Gasteiger partial charge in [-0.1, -0.05) is 34.6 Å². The normalized spacial score (nSPS) is 12.8. The van der Waals surface area contributed by atoms with E-state index in [4.69, 9.17) is 9.47 Å². The van der Waals surface area contributed by atoms with Crippen molar-refractivity contribution in [2.24, 2.45) is 11.3 Å². The van der Waals surface area contributed by atoms with E-state index in [2.05, 4.69) is 20.8 Å². The third-order valence-corrected chi connectivity index (χ3v) is 2.96. The molecule has 0 saturated carbocycles. The fourth-order valence-corrected chi connectivity index (χ4v) is 2.12. The molecule has 0 spiro atoms. The molecule has 0 amide bonds. The summed E-state index contributed by atoms with van der Waals surface area (Å²) >= 11 is 0. The van der Waals surface area contributed by atoms with E-state index in [0.29, 0.717) is 26.1 Å². The first-order valence-corrected chi connectivity index (χ1v) is 7.62. The molecule has 0 saturated heterocycles. The fourth-order valence-electron chi connectivity index (χ4n) is 2.12. The SMILES string of the molecule is CCCC(=O)OC[C@H](C)CC(C)(C)COC(=O)CCC. The van der Waals surface area contributed by atoms with Crippen molar-refractivity contribution in [3.05, 3.63) is 0 Å². The van der Waals surface area contributed by atoms with E-state index >= 15 is 0 Å². The molecular formula is C16H30O4. The van der Waals surface area contributed by atoms with Crippen LogP contribution < -0.4 is 0 Å². The average Bonchev–Trinajstić information content (AvgIpc) is 2.34. The quantitative estimate of drug-likeness (QED) is 0.574. The second-order valence-corrected chi connectivity index (χ2v) is 6.32. The molecule has 0 fully saturated rings. The van der Waals surface area contributed by atoms with Crippen LogP contribution in [0, 0.1) is 11.3 Å². The van der Waals surface area contributed by atoms with Gasteiger partial charge in [-0.05, 0) is 30.6 Å². The zero-order valence-electron chi connectivity index (χ0n) is 13.7. The maximum absolute atomic E-state index is 11.4. The highest BCUT2D eigenvalue weighted by molar-refractivity contribution is 5.69. The molecule has 0 rings (SSSR count). The summed E-state index contributed by atoms with van der Waals surface area (Å²) in [5, 5.41) is 0. The third-order valence-electron chi connectivity index (χ3n) is 2.96. The summed E-state index contributed by atoms with van der Waals surface area (Å²) in [6.45, 7) is 10.9. The van der Waals surface area contributed by atoms with Gasteiger partial charge in [-0.25, -0.2) is 0 Å². The Kier molecular flexibility index (Phi) is 9.26. The highest BCUT2D eigenvalue weighted by Gasteiger charge is 2.23. The van der Waals surface area contributed by atoms with Crippen LogP contribution in [0.15, 0.2) is 0 Å². The van der Waals surface area contributed by atoms with Gasteiger partial charge in [0, 0.05) is 12.8 Å². The number of carbonyl (C=O) groups excluding carboxylic acids is 2. The van der Waals surface area contributed by atoms with Crippen LogP contribution in [-0.2, 0) is 19.1 Å². The smallest absolute Gasteiger partial charge is 0.305 e. The summed E-state index contributed by atoms with van der Waals surface area (Å²) in [4.78, 5) is 22.7. The van der Waals surface area contributed by atoms with Gasteiger partial charge in [-0.2, -0.15) is 0 Å². The highest BCUT2D eigenvalue weighted by Crippen LogP contribution is 2.26. The van der Waals surface area contributed by atoms with Gasteiger partial charge >= 0.3 is 11.9 Å². The van der Waals surface area contributed by atoms with E-state index in [0.717, 1.165) is 19.3 Å². The van der Waals surface area contributed by atoms with Crippen molar-refractivity contribution < 1.29 is 19.1 Å². The van der Waals surface area contributed by atoms with Crippen LogP contribution in [0.3, 0.4) is 0 Å².